The first kappa shape index (κ1) is 12.0. The van der Waals surface area contributed by atoms with E-state index in [4.69, 9.17) is 9.15 Å². The highest BCUT2D eigenvalue weighted by Gasteiger charge is 2.15. The van der Waals surface area contributed by atoms with Gasteiger partial charge in [-0.1, -0.05) is 18.2 Å². The first-order chi connectivity index (χ1) is 9.29. The molecule has 2 aromatic heterocycles. The van der Waals surface area contributed by atoms with Gasteiger partial charge in [-0.25, -0.2) is 4.79 Å². The van der Waals surface area contributed by atoms with Crippen molar-refractivity contribution in [3.05, 3.63) is 47.5 Å². The predicted octanol–water partition coefficient (Wildman–Crippen LogP) is 4.34. The minimum atomic E-state index is -0.423. The predicted molar refractivity (Wildman–Crippen MR) is 75.5 cm³/mol. The van der Waals surface area contributed by atoms with Gasteiger partial charge in [-0.05, 0) is 25.1 Å². The normalized spacial score (nSPS) is 10.8. The van der Waals surface area contributed by atoms with E-state index >= 15 is 0 Å². The molecule has 0 atom stereocenters. The largest absolute Gasteiger partial charge is 0.460 e. The number of furan rings is 1. The second-order valence-electron chi connectivity index (χ2n) is 4.03. The van der Waals surface area contributed by atoms with Gasteiger partial charge in [-0.15, -0.1) is 11.3 Å². The molecule has 0 saturated heterocycles. The molecule has 0 fully saturated rings. The van der Waals surface area contributed by atoms with Crippen molar-refractivity contribution in [2.24, 2.45) is 0 Å². The fraction of sp³-hybridized carbons (Fsp3) is 0.133. The van der Waals surface area contributed by atoms with E-state index in [2.05, 4.69) is 6.07 Å². The Morgan fingerprint density at radius 2 is 2.11 bits per heavy atom. The Morgan fingerprint density at radius 3 is 2.95 bits per heavy atom. The molecule has 2 heterocycles. The van der Waals surface area contributed by atoms with E-state index in [0.717, 1.165) is 10.9 Å². The lowest BCUT2D eigenvalue weighted by Crippen LogP contribution is -2.02. The van der Waals surface area contributed by atoms with Crippen LogP contribution in [0.5, 0.6) is 0 Å². The van der Waals surface area contributed by atoms with Gasteiger partial charge < -0.3 is 9.15 Å². The average molecular weight is 272 g/mol. The lowest BCUT2D eigenvalue weighted by atomic mass is 10.1. The fourth-order valence-corrected chi connectivity index (χ4v) is 2.91. The zero-order valence-corrected chi connectivity index (χ0v) is 11.2. The molecule has 0 aliphatic carbocycles. The fourth-order valence-electron chi connectivity index (χ4n) is 1.96. The molecule has 3 nitrogen and oxygen atoms in total. The number of rotatable bonds is 3. The second kappa shape index (κ2) is 4.90. The molecule has 0 aliphatic heterocycles. The molecule has 0 aliphatic rings. The van der Waals surface area contributed by atoms with E-state index in [1.165, 1.54) is 4.70 Å². The molecule has 0 bridgehead atoms. The van der Waals surface area contributed by atoms with E-state index in [1.807, 2.05) is 23.6 Å². The number of fused-ring (bicyclic) bond motifs is 1. The molecule has 0 spiro atoms. The zero-order valence-electron chi connectivity index (χ0n) is 10.4. The topological polar surface area (TPSA) is 39.4 Å². The average Bonchev–Trinajstić information content (AvgIpc) is 3.05. The summed E-state index contributed by atoms with van der Waals surface area (Å²) in [5.74, 6) is 0.515. The minimum absolute atomic E-state index is 0.243. The van der Waals surface area contributed by atoms with Crippen LogP contribution >= 0.6 is 11.3 Å². The van der Waals surface area contributed by atoms with Crippen LogP contribution in [0.1, 0.15) is 17.5 Å². The summed E-state index contributed by atoms with van der Waals surface area (Å²) in [6.45, 7) is 2.12. The Balaban J connectivity index is 2.01. The van der Waals surface area contributed by atoms with Crippen LogP contribution in [0.15, 0.2) is 46.2 Å². The van der Waals surface area contributed by atoms with Crippen molar-refractivity contribution in [1.29, 1.82) is 0 Å². The molecule has 0 radical (unpaired) electrons. The molecular formula is C15H12O3S. The summed E-state index contributed by atoms with van der Waals surface area (Å²) in [5, 5.41) is 3.18. The Hall–Kier alpha value is -2.07. The Bertz CT molecular complexity index is 724. The quantitative estimate of drug-likeness (QED) is 0.666. The third-order valence-corrected chi connectivity index (χ3v) is 3.79. The molecule has 0 N–H and O–H groups in total. The van der Waals surface area contributed by atoms with Crippen LogP contribution in [0.2, 0.25) is 0 Å². The van der Waals surface area contributed by atoms with Crippen LogP contribution in [-0.2, 0) is 4.74 Å². The van der Waals surface area contributed by atoms with Gasteiger partial charge in [0.05, 0.1) is 6.61 Å². The first-order valence-electron chi connectivity index (χ1n) is 6.03. The summed E-state index contributed by atoms with van der Waals surface area (Å²) in [5.41, 5.74) is 1.01. The number of esters is 1. The smallest absolute Gasteiger partial charge is 0.374 e. The zero-order chi connectivity index (χ0) is 13.2. The monoisotopic (exact) mass is 272 g/mol. The summed E-state index contributed by atoms with van der Waals surface area (Å²) >= 11 is 1.66. The van der Waals surface area contributed by atoms with Gasteiger partial charge in [0, 0.05) is 21.0 Å². The summed E-state index contributed by atoms with van der Waals surface area (Å²) in [4.78, 5) is 11.6. The molecule has 1 aromatic carbocycles. The van der Waals surface area contributed by atoms with E-state index in [-0.39, 0.29) is 5.76 Å². The maximum atomic E-state index is 11.6. The van der Waals surface area contributed by atoms with Gasteiger partial charge in [0.1, 0.15) is 5.76 Å². The van der Waals surface area contributed by atoms with Crippen LogP contribution in [0.4, 0.5) is 0 Å². The lowest BCUT2D eigenvalue weighted by Gasteiger charge is -1.97. The maximum Gasteiger partial charge on any atom is 0.374 e. The van der Waals surface area contributed by atoms with Crippen molar-refractivity contribution in [2.75, 3.05) is 6.61 Å². The third kappa shape index (κ3) is 2.15. The molecule has 3 aromatic rings. The standard InChI is InChI=1S/C15H12O3S/c1-2-17-15(16)13-8-7-12(18-13)11-9-19-14-6-4-3-5-10(11)14/h3-9H,2H2,1H3. The van der Waals surface area contributed by atoms with E-state index in [9.17, 15) is 4.79 Å². The van der Waals surface area contributed by atoms with Crippen molar-refractivity contribution in [3.63, 3.8) is 0 Å². The number of hydrogen-bond donors (Lipinski definition) is 0. The van der Waals surface area contributed by atoms with Crippen LogP contribution in [0, 0.1) is 0 Å². The highest BCUT2D eigenvalue weighted by atomic mass is 32.1. The van der Waals surface area contributed by atoms with Crippen LogP contribution in [-0.4, -0.2) is 12.6 Å². The Kier molecular flexibility index (Phi) is 3.09. The minimum Gasteiger partial charge on any atom is -0.460 e. The first-order valence-corrected chi connectivity index (χ1v) is 6.91. The van der Waals surface area contributed by atoms with Gasteiger partial charge in [-0.3, -0.25) is 0 Å². The Labute approximate surface area is 114 Å². The summed E-state index contributed by atoms with van der Waals surface area (Å²) in [7, 11) is 0. The molecule has 3 rings (SSSR count). The van der Waals surface area contributed by atoms with Crippen LogP contribution in [0.25, 0.3) is 21.4 Å². The Morgan fingerprint density at radius 1 is 1.26 bits per heavy atom. The number of benzene rings is 1. The van der Waals surface area contributed by atoms with Crippen molar-refractivity contribution in [3.8, 4) is 11.3 Å². The molecule has 0 saturated carbocycles. The highest BCUT2D eigenvalue weighted by Crippen LogP contribution is 2.34. The molecule has 0 unspecified atom stereocenters. The van der Waals surface area contributed by atoms with Gasteiger partial charge in [-0.2, -0.15) is 0 Å². The maximum absolute atomic E-state index is 11.6. The number of carbonyl (C=O) groups excluding carboxylic acids is 1. The number of hydrogen-bond acceptors (Lipinski definition) is 4. The van der Waals surface area contributed by atoms with Gasteiger partial charge in [0.25, 0.3) is 0 Å². The van der Waals surface area contributed by atoms with Gasteiger partial charge in [0.2, 0.25) is 5.76 Å². The van der Waals surface area contributed by atoms with E-state index in [0.29, 0.717) is 12.4 Å². The molecular weight excluding hydrogens is 260 g/mol. The van der Waals surface area contributed by atoms with Crippen molar-refractivity contribution < 1.29 is 13.9 Å². The van der Waals surface area contributed by atoms with Crippen molar-refractivity contribution in [1.82, 2.24) is 0 Å². The van der Waals surface area contributed by atoms with Crippen molar-refractivity contribution in [2.45, 2.75) is 6.92 Å². The highest BCUT2D eigenvalue weighted by molar-refractivity contribution is 7.17. The third-order valence-electron chi connectivity index (χ3n) is 2.83. The molecule has 4 heteroatoms. The van der Waals surface area contributed by atoms with Gasteiger partial charge in [0.15, 0.2) is 0 Å². The van der Waals surface area contributed by atoms with Crippen LogP contribution in [0.3, 0.4) is 0 Å². The molecule has 96 valence electrons. The number of ether oxygens (including phenoxy) is 1. The molecule has 19 heavy (non-hydrogen) atoms. The SMILES string of the molecule is CCOC(=O)c1ccc(-c2csc3ccccc23)o1. The molecule has 0 amide bonds. The van der Waals surface area contributed by atoms with Crippen LogP contribution < -0.4 is 0 Å². The van der Waals surface area contributed by atoms with E-state index < -0.39 is 5.97 Å². The van der Waals surface area contributed by atoms with Crippen molar-refractivity contribution >= 4 is 27.4 Å². The number of thiophene rings is 1. The van der Waals surface area contributed by atoms with Gasteiger partial charge >= 0.3 is 5.97 Å². The number of carbonyl (C=O) groups is 1. The summed E-state index contributed by atoms with van der Waals surface area (Å²) < 4.78 is 11.7. The second-order valence-corrected chi connectivity index (χ2v) is 4.94. The summed E-state index contributed by atoms with van der Waals surface area (Å²) in [6.07, 6.45) is 0. The summed E-state index contributed by atoms with van der Waals surface area (Å²) in [6, 6.07) is 11.6. The van der Waals surface area contributed by atoms with E-state index in [1.54, 1.807) is 30.4 Å². The lowest BCUT2D eigenvalue weighted by molar-refractivity contribution is 0.0491.